The van der Waals surface area contributed by atoms with E-state index in [4.69, 9.17) is 4.74 Å². The molecule has 0 saturated carbocycles. The first kappa shape index (κ1) is 11.1. The summed E-state index contributed by atoms with van der Waals surface area (Å²) in [6, 6.07) is 3.82. The van der Waals surface area contributed by atoms with Gasteiger partial charge >= 0.3 is 5.97 Å². The number of nitrogens with zero attached hydrogens (tertiary/aromatic N) is 2. The lowest BCUT2D eigenvalue weighted by molar-refractivity contribution is -0.142. The minimum Gasteiger partial charge on any atom is -0.466 e. The molecule has 0 spiro atoms. The van der Waals surface area contributed by atoms with Crippen LogP contribution in [0.5, 0.6) is 0 Å². The average molecular weight is 283 g/mol. The topological polar surface area (TPSA) is 43.6 Å². The van der Waals surface area contributed by atoms with E-state index in [0.717, 1.165) is 10.1 Å². The fraction of sp³-hybridized carbons (Fsp3) is 0.273. The number of halogens is 1. The van der Waals surface area contributed by atoms with Crippen LogP contribution in [0.3, 0.4) is 0 Å². The number of imidazole rings is 1. The summed E-state index contributed by atoms with van der Waals surface area (Å²) in [4.78, 5) is 15.6. The van der Waals surface area contributed by atoms with Crippen LogP contribution in [-0.4, -0.2) is 22.0 Å². The highest BCUT2D eigenvalue weighted by Gasteiger charge is 2.09. The Hall–Kier alpha value is -1.36. The Morgan fingerprint density at radius 3 is 3.12 bits per heavy atom. The molecule has 2 heterocycles. The third-order valence-electron chi connectivity index (χ3n) is 2.12. The molecular formula is C11H11BrN2O2. The molecule has 0 unspecified atom stereocenters. The Morgan fingerprint density at radius 1 is 1.62 bits per heavy atom. The van der Waals surface area contributed by atoms with Crippen LogP contribution >= 0.6 is 15.9 Å². The molecular weight excluding hydrogens is 272 g/mol. The van der Waals surface area contributed by atoms with E-state index in [9.17, 15) is 4.79 Å². The van der Waals surface area contributed by atoms with Crippen molar-refractivity contribution in [2.75, 3.05) is 6.61 Å². The van der Waals surface area contributed by atoms with Crippen molar-refractivity contribution in [1.82, 2.24) is 9.38 Å². The highest BCUT2D eigenvalue weighted by molar-refractivity contribution is 9.10. The number of pyridine rings is 1. The van der Waals surface area contributed by atoms with Crippen molar-refractivity contribution in [3.63, 3.8) is 0 Å². The number of carbonyl (C=O) groups is 1. The molecule has 2 aromatic heterocycles. The minimum absolute atomic E-state index is 0.210. The van der Waals surface area contributed by atoms with Crippen LogP contribution < -0.4 is 0 Å². The van der Waals surface area contributed by atoms with Gasteiger partial charge in [0.05, 0.1) is 23.2 Å². The first-order chi connectivity index (χ1) is 7.70. The van der Waals surface area contributed by atoms with Crippen LogP contribution in [0.25, 0.3) is 5.65 Å². The SMILES string of the molecule is CCOC(=O)Cc1cn2cccc(Br)c2n1. The third kappa shape index (κ3) is 2.24. The Balaban J connectivity index is 2.26. The number of ether oxygens (including phenoxy) is 1. The fourth-order valence-corrected chi connectivity index (χ4v) is 1.92. The average Bonchev–Trinajstić information content (AvgIpc) is 2.62. The van der Waals surface area contributed by atoms with Gasteiger partial charge in [-0.25, -0.2) is 4.98 Å². The Bertz CT molecular complexity index is 522. The zero-order valence-corrected chi connectivity index (χ0v) is 10.4. The fourth-order valence-electron chi connectivity index (χ4n) is 1.47. The Morgan fingerprint density at radius 2 is 2.44 bits per heavy atom. The van der Waals surface area contributed by atoms with Crippen LogP contribution in [-0.2, 0) is 16.0 Å². The standard InChI is InChI=1S/C11H11BrN2O2/c1-2-16-10(15)6-8-7-14-5-3-4-9(12)11(14)13-8/h3-5,7H,2,6H2,1H3. The van der Waals surface area contributed by atoms with Gasteiger partial charge in [0.25, 0.3) is 0 Å². The molecule has 0 atom stereocenters. The second-order valence-corrected chi connectivity index (χ2v) is 4.16. The molecule has 16 heavy (non-hydrogen) atoms. The van der Waals surface area contributed by atoms with Crippen molar-refractivity contribution in [3.05, 3.63) is 34.7 Å². The molecule has 0 saturated heterocycles. The van der Waals surface area contributed by atoms with Crippen molar-refractivity contribution in [1.29, 1.82) is 0 Å². The number of fused-ring (bicyclic) bond motifs is 1. The summed E-state index contributed by atoms with van der Waals surface area (Å²) in [6.45, 7) is 2.19. The van der Waals surface area contributed by atoms with Gasteiger partial charge in [0.15, 0.2) is 5.65 Å². The molecule has 5 heteroatoms. The highest BCUT2D eigenvalue weighted by Crippen LogP contribution is 2.17. The molecule has 0 amide bonds. The van der Waals surface area contributed by atoms with E-state index >= 15 is 0 Å². The predicted molar refractivity (Wildman–Crippen MR) is 63.2 cm³/mol. The summed E-state index contributed by atoms with van der Waals surface area (Å²) in [5.41, 5.74) is 1.52. The van der Waals surface area contributed by atoms with Crippen molar-refractivity contribution in [3.8, 4) is 0 Å². The minimum atomic E-state index is -0.248. The van der Waals surface area contributed by atoms with Gasteiger partial charge in [0, 0.05) is 12.4 Å². The van der Waals surface area contributed by atoms with Crippen LogP contribution in [0.15, 0.2) is 29.0 Å². The highest BCUT2D eigenvalue weighted by atomic mass is 79.9. The molecule has 4 nitrogen and oxygen atoms in total. The summed E-state index contributed by atoms with van der Waals surface area (Å²) in [7, 11) is 0. The number of carbonyl (C=O) groups excluding carboxylic acids is 1. The lowest BCUT2D eigenvalue weighted by Gasteiger charge is -1.97. The summed E-state index contributed by atoms with van der Waals surface area (Å²) >= 11 is 3.41. The van der Waals surface area contributed by atoms with Crippen LogP contribution in [0, 0.1) is 0 Å². The summed E-state index contributed by atoms with van der Waals surface area (Å²) in [5.74, 6) is -0.248. The van der Waals surface area contributed by atoms with E-state index in [-0.39, 0.29) is 12.4 Å². The summed E-state index contributed by atoms with van der Waals surface area (Å²) < 4.78 is 7.65. The number of aromatic nitrogens is 2. The zero-order valence-electron chi connectivity index (χ0n) is 8.81. The van der Waals surface area contributed by atoms with Crippen molar-refractivity contribution < 1.29 is 9.53 Å². The quantitative estimate of drug-likeness (QED) is 0.811. The van der Waals surface area contributed by atoms with Crippen molar-refractivity contribution in [2.45, 2.75) is 13.3 Å². The molecule has 0 bridgehead atoms. The van der Waals surface area contributed by atoms with Gasteiger partial charge in [-0.1, -0.05) is 0 Å². The number of hydrogen-bond donors (Lipinski definition) is 0. The first-order valence-electron chi connectivity index (χ1n) is 4.98. The van der Waals surface area contributed by atoms with E-state index in [1.807, 2.05) is 28.9 Å². The Kier molecular flexibility index (Phi) is 3.24. The molecule has 84 valence electrons. The molecule has 0 aliphatic carbocycles. The smallest absolute Gasteiger partial charge is 0.311 e. The molecule has 2 aromatic rings. The van der Waals surface area contributed by atoms with Crippen LogP contribution in [0.4, 0.5) is 0 Å². The molecule has 0 aliphatic heterocycles. The largest absolute Gasteiger partial charge is 0.466 e. The van der Waals surface area contributed by atoms with Gasteiger partial charge in [-0.3, -0.25) is 4.79 Å². The second kappa shape index (κ2) is 4.65. The maximum absolute atomic E-state index is 11.3. The number of esters is 1. The maximum atomic E-state index is 11.3. The van der Waals surface area contributed by atoms with E-state index in [1.54, 1.807) is 6.92 Å². The molecule has 0 N–H and O–H groups in total. The lowest BCUT2D eigenvalue weighted by Crippen LogP contribution is -2.07. The zero-order chi connectivity index (χ0) is 11.5. The molecule has 0 fully saturated rings. The number of hydrogen-bond acceptors (Lipinski definition) is 3. The second-order valence-electron chi connectivity index (χ2n) is 3.30. The van der Waals surface area contributed by atoms with E-state index in [2.05, 4.69) is 20.9 Å². The normalized spacial score (nSPS) is 10.6. The van der Waals surface area contributed by atoms with Gasteiger partial charge in [-0.2, -0.15) is 0 Å². The first-order valence-corrected chi connectivity index (χ1v) is 5.77. The molecule has 0 aromatic carbocycles. The van der Waals surface area contributed by atoms with Gasteiger partial charge in [-0.15, -0.1) is 0 Å². The van der Waals surface area contributed by atoms with E-state index < -0.39 is 0 Å². The van der Waals surface area contributed by atoms with Crippen molar-refractivity contribution >= 4 is 27.5 Å². The summed E-state index contributed by atoms with van der Waals surface area (Å²) in [5, 5.41) is 0. The lowest BCUT2D eigenvalue weighted by atomic mass is 10.3. The van der Waals surface area contributed by atoms with Gasteiger partial charge in [0.1, 0.15) is 0 Å². The molecule has 0 radical (unpaired) electrons. The third-order valence-corrected chi connectivity index (χ3v) is 2.73. The Labute approximate surface area is 101 Å². The van der Waals surface area contributed by atoms with Crippen LogP contribution in [0.1, 0.15) is 12.6 Å². The number of rotatable bonds is 3. The van der Waals surface area contributed by atoms with E-state index in [1.165, 1.54) is 0 Å². The monoisotopic (exact) mass is 282 g/mol. The summed E-state index contributed by atoms with van der Waals surface area (Å²) in [6.07, 6.45) is 3.93. The van der Waals surface area contributed by atoms with Gasteiger partial charge in [0.2, 0.25) is 0 Å². The predicted octanol–water partition coefficient (Wildman–Crippen LogP) is 2.20. The van der Waals surface area contributed by atoms with Crippen molar-refractivity contribution in [2.24, 2.45) is 0 Å². The molecule has 0 aliphatic rings. The van der Waals surface area contributed by atoms with Crippen LogP contribution in [0.2, 0.25) is 0 Å². The van der Waals surface area contributed by atoms with Gasteiger partial charge < -0.3 is 9.14 Å². The van der Waals surface area contributed by atoms with Gasteiger partial charge in [-0.05, 0) is 35.0 Å². The van der Waals surface area contributed by atoms with E-state index in [0.29, 0.717) is 12.3 Å². The maximum Gasteiger partial charge on any atom is 0.311 e. The molecule has 2 rings (SSSR count).